The number of nitrogens with zero attached hydrogens (tertiary/aromatic N) is 5. The lowest BCUT2D eigenvalue weighted by Gasteiger charge is -2.26. The van der Waals surface area contributed by atoms with E-state index >= 15 is 0 Å². The van der Waals surface area contributed by atoms with Crippen LogP contribution in [0.25, 0.3) is 11.4 Å². The molecule has 2 heterocycles. The molecule has 1 saturated heterocycles. The van der Waals surface area contributed by atoms with E-state index in [1.807, 2.05) is 42.5 Å². The summed E-state index contributed by atoms with van der Waals surface area (Å²) in [6, 6.07) is 16.7. The molecule has 3 amide bonds. The molecule has 10 heteroatoms. The number of aromatic nitrogens is 4. The number of benzene rings is 2. The number of carbonyl (C=O) groups is 3. The molecule has 2 aromatic carbocycles. The van der Waals surface area contributed by atoms with Gasteiger partial charge in [0.05, 0.1) is 13.1 Å². The standard InChI is InChI=1S/C23H25N7O3/c31-20(7-4-13-30-27-22(26-28-30)18-5-2-1-3-6-18)25-15-17-8-10-19(11-9-17)23(33)29-14-12-24-21(32)16-29/h1-3,5-6,8-11H,4,7,12-16H2,(H,24,32)(H,25,31). The highest BCUT2D eigenvalue weighted by Gasteiger charge is 2.22. The number of hydrogen-bond donors (Lipinski definition) is 2. The number of amides is 3. The first kappa shape index (κ1) is 22.1. The Labute approximate surface area is 191 Å². The van der Waals surface area contributed by atoms with Gasteiger partial charge in [-0.2, -0.15) is 4.80 Å². The van der Waals surface area contributed by atoms with E-state index in [4.69, 9.17) is 0 Å². The first-order valence-corrected chi connectivity index (χ1v) is 10.8. The molecule has 0 spiro atoms. The Balaban J connectivity index is 1.19. The summed E-state index contributed by atoms with van der Waals surface area (Å²) in [6.45, 7) is 1.92. The van der Waals surface area contributed by atoms with Crippen LogP contribution in [-0.4, -0.2) is 62.5 Å². The van der Waals surface area contributed by atoms with Crippen LogP contribution in [0.4, 0.5) is 0 Å². The third-order valence-corrected chi connectivity index (χ3v) is 5.26. The first-order valence-electron chi connectivity index (χ1n) is 10.8. The molecule has 4 rings (SSSR count). The van der Waals surface area contributed by atoms with E-state index in [1.54, 1.807) is 12.1 Å². The Hall–Kier alpha value is -4.08. The SMILES string of the molecule is O=C(CCCn1nnc(-c2ccccc2)n1)NCc1ccc(C(=O)N2CCNC(=O)C2)cc1. The molecule has 0 unspecified atom stereocenters. The molecule has 1 fully saturated rings. The molecular formula is C23H25N7O3. The van der Waals surface area contributed by atoms with E-state index in [0.717, 1.165) is 11.1 Å². The van der Waals surface area contributed by atoms with Crippen LogP contribution in [0.15, 0.2) is 54.6 Å². The van der Waals surface area contributed by atoms with Gasteiger partial charge in [0, 0.05) is 37.2 Å². The molecule has 0 saturated carbocycles. The molecule has 0 aliphatic carbocycles. The lowest BCUT2D eigenvalue weighted by Crippen LogP contribution is -2.49. The summed E-state index contributed by atoms with van der Waals surface area (Å²) >= 11 is 0. The Morgan fingerprint density at radius 3 is 2.61 bits per heavy atom. The molecular weight excluding hydrogens is 422 g/mol. The Morgan fingerprint density at radius 2 is 1.85 bits per heavy atom. The molecule has 1 aromatic heterocycles. The predicted molar refractivity (Wildman–Crippen MR) is 120 cm³/mol. The average Bonchev–Trinajstić information content (AvgIpc) is 3.32. The smallest absolute Gasteiger partial charge is 0.254 e. The van der Waals surface area contributed by atoms with Gasteiger partial charge in [-0.05, 0) is 29.3 Å². The quantitative estimate of drug-likeness (QED) is 0.531. The van der Waals surface area contributed by atoms with Gasteiger partial charge < -0.3 is 15.5 Å². The van der Waals surface area contributed by atoms with Crippen LogP contribution < -0.4 is 10.6 Å². The van der Waals surface area contributed by atoms with Crippen molar-refractivity contribution in [1.82, 2.24) is 35.7 Å². The third kappa shape index (κ3) is 6.00. The van der Waals surface area contributed by atoms with Crippen molar-refractivity contribution in [2.75, 3.05) is 19.6 Å². The molecule has 0 atom stereocenters. The second-order valence-corrected chi connectivity index (χ2v) is 7.73. The number of piperazine rings is 1. The van der Waals surface area contributed by atoms with E-state index in [2.05, 4.69) is 26.0 Å². The summed E-state index contributed by atoms with van der Waals surface area (Å²) in [7, 11) is 0. The molecule has 1 aliphatic heterocycles. The molecule has 170 valence electrons. The van der Waals surface area contributed by atoms with Crippen molar-refractivity contribution >= 4 is 17.7 Å². The van der Waals surface area contributed by atoms with Crippen molar-refractivity contribution in [2.45, 2.75) is 25.9 Å². The van der Waals surface area contributed by atoms with Crippen molar-refractivity contribution in [1.29, 1.82) is 0 Å². The van der Waals surface area contributed by atoms with Crippen molar-refractivity contribution in [3.63, 3.8) is 0 Å². The zero-order chi connectivity index (χ0) is 23.0. The number of nitrogens with one attached hydrogen (secondary N) is 2. The monoisotopic (exact) mass is 447 g/mol. The molecule has 0 bridgehead atoms. The van der Waals surface area contributed by atoms with Crippen LogP contribution in [0.1, 0.15) is 28.8 Å². The summed E-state index contributed by atoms with van der Waals surface area (Å²) in [5, 5.41) is 18.0. The maximum absolute atomic E-state index is 12.5. The fourth-order valence-electron chi connectivity index (χ4n) is 3.47. The molecule has 2 N–H and O–H groups in total. The Bertz CT molecular complexity index is 1110. The zero-order valence-electron chi connectivity index (χ0n) is 18.1. The lowest BCUT2D eigenvalue weighted by atomic mass is 10.1. The summed E-state index contributed by atoms with van der Waals surface area (Å²) in [6.07, 6.45) is 0.934. The third-order valence-electron chi connectivity index (χ3n) is 5.26. The second kappa shape index (κ2) is 10.5. The van der Waals surface area contributed by atoms with Crippen molar-refractivity contribution < 1.29 is 14.4 Å². The number of rotatable bonds is 8. The maximum Gasteiger partial charge on any atom is 0.254 e. The van der Waals surface area contributed by atoms with Crippen molar-refractivity contribution in [3.05, 3.63) is 65.7 Å². The van der Waals surface area contributed by atoms with Gasteiger partial charge in [0.15, 0.2) is 0 Å². The molecule has 10 nitrogen and oxygen atoms in total. The minimum atomic E-state index is -0.169. The fourth-order valence-corrected chi connectivity index (χ4v) is 3.47. The largest absolute Gasteiger partial charge is 0.353 e. The van der Waals surface area contributed by atoms with Gasteiger partial charge in [-0.15, -0.1) is 10.2 Å². The molecule has 33 heavy (non-hydrogen) atoms. The molecule has 3 aromatic rings. The van der Waals surface area contributed by atoms with Gasteiger partial charge in [-0.1, -0.05) is 42.5 Å². The highest BCUT2D eigenvalue weighted by molar-refractivity contribution is 5.97. The second-order valence-electron chi connectivity index (χ2n) is 7.73. The topological polar surface area (TPSA) is 122 Å². The van der Waals surface area contributed by atoms with Gasteiger partial charge in [-0.3, -0.25) is 14.4 Å². The van der Waals surface area contributed by atoms with E-state index in [0.29, 0.717) is 50.4 Å². The van der Waals surface area contributed by atoms with E-state index < -0.39 is 0 Å². The van der Waals surface area contributed by atoms with Crippen LogP contribution in [0.3, 0.4) is 0 Å². The molecule has 0 radical (unpaired) electrons. The first-order chi connectivity index (χ1) is 16.1. The van der Waals surface area contributed by atoms with Crippen LogP contribution >= 0.6 is 0 Å². The summed E-state index contributed by atoms with van der Waals surface area (Å²) in [5.41, 5.74) is 2.31. The Morgan fingerprint density at radius 1 is 1.06 bits per heavy atom. The molecule has 1 aliphatic rings. The predicted octanol–water partition coefficient (Wildman–Crippen LogP) is 1.01. The van der Waals surface area contributed by atoms with Crippen LogP contribution in [0.5, 0.6) is 0 Å². The van der Waals surface area contributed by atoms with Gasteiger partial charge in [0.25, 0.3) is 5.91 Å². The van der Waals surface area contributed by atoms with Crippen LogP contribution in [-0.2, 0) is 22.7 Å². The number of tetrazole rings is 1. The summed E-state index contributed by atoms with van der Waals surface area (Å²) in [5.74, 6) is 0.172. The normalized spacial score (nSPS) is 13.5. The van der Waals surface area contributed by atoms with E-state index in [-0.39, 0.29) is 24.3 Å². The highest BCUT2D eigenvalue weighted by atomic mass is 16.2. The van der Waals surface area contributed by atoms with Crippen LogP contribution in [0, 0.1) is 0 Å². The fraction of sp³-hybridized carbons (Fsp3) is 0.304. The van der Waals surface area contributed by atoms with Crippen molar-refractivity contribution in [3.8, 4) is 11.4 Å². The minimum absolute atomic E-state index is 0.0714. The number of aryl methyl sites for hydroxylation is 1. The average molecular weight is 447 g/mol. The van der Waals surface area contributed by atoms with Gasteiger partial charge in [0.2, 0.25) is 17.6 Å². The van der Waals surface area contributed by atoms with E-state index in [9.17, 15) is 14.4 Å². The van der Waals surface area contributed by atoms with Gasteiger partial charge >= 0.3 is 0 Å². The number of hydrogen-bond acceptors (Lipinski definition) is 6. The van der Waals surface area contributed by atoms with Gasteiger partial charge in [0.1, 0.15) is 0 Å². The lowest BCUT2D eigenvalue weighted by molar-refractivity contribution is -0.123. The number of carbonyl (C=O) groups excluding carboxylic acids is 3. The highest BCUT2D eigenvalue weighted by Crippen LogP contribution is 2.12. The maximum atomic E-state index is 12.5. The summed E-state index contributed by atoms with van der Waals surface area (Å²) < 4.78 is 0. The minimum Gasteiger partial charge on any atom is -0.353 e. The van der Waals surface area contributed by atoms with Crippen molar-refractivity contribution in [2.24, 2.45) is 0 Å². The van der Waals surface area contributed by atoms with Crippen LogP contribution in [0.2, 0.25) is 0 Å². The Kier molecular flexibility index (Phi) is 7.03. The van der Waals surface area contributed by atoms with E-state index in [1.165, 1.54) is 9.70 Å². The van der Waals surface area contributed by atoms with Gasteiger partial charge in [-0.25, -0.2) is 0 Å². The summed E-state index contributed by atoms with van der Waals surface area (Å²) in [4.78, 5) is 39.2. The zero-order valence-corrected chi connectivity index (χ0v) is 18.1.